The average Bonchev–Trinajstić information content (AvgIpc) is 2.69. The molecule has 2 aromatic carbocycles. The Bertz CT molecular complexity index is 860. The van der Waals surface area contributed by atoms with Gasteiger partial charge in [0.05, 0.1) is 17.1 Å². The molecule has 0 N–H and O–H groups in total. The van der Waals surface area contributed by atoms with E-state index in [9.17, 15) is 0 Å². The summed E-state index contributed by atoms with van der Waals surface area (Å²) in [7, 11) is 2.21. The van der Waals surface area contributed by atoms with Gasteiger partial charge in [-0.1, -0.05) is 38.1 Å². The van der Waals surface area contributed by atoms with Gasteiger partial charge in [-0.3, -0.25) is 4.99 Å². The molecule has 2 aliphatic rings. The van der Waals surface area contributed by atoms with Gasteiger partial charge in [-0.15, -0.1) is 0 Å². The van der Waals surface area contributed by atoms with Crippen molar-refractivity contribution in [3.8, 4) is 0 Å². The van der Waals surface area contributed by atoms with Crippen LogP contribution in [0.4, 0.5) is 11.4 Å². The van der Waals surface area contributed by atoms with Crippen LogP contribution in [0.5, 0.6) is 0 Å². The molecule has 1 aliphatic carbocycles. The van der Waals surface area contributed by atoms with Crippen molar-refractivity contribution >= 4 is 17.1 Å². The van der Waals surface area contributed by atoms with Crippen molar-refractivity contribution in [1.82, 2.24) is 0 Å². The van der Waals surface area contributed by atoms with Crippen molar-refractivity contribution in [3.63, 3.8) is 0 Å². The normalized spacial score (nSPS) is 23.9. The van der Waals surface area contributed by atoms with Crippen LogP contribution < -0.4 is 4.90 Å². The number of rotatable bonds is 0. The molecule has 23 heavy (non-hydrogen) atoms. The summed E-state index contributed by atoms with van der Waals surface area (Å²) < 4.78 is 0. The molecule has 1 heterocycles. The van der Waals surface area contributed by atoms with E-state index in [2.05, 4.69) is 83.0 Å². The lowest BCUT2D eigenvalue weighted by Crippen LogP contribution is -2.50. The van der Waals surface area contributed by atoms with E-state index in [4.69, 9.17) is 4.99 Å². The first-order valence-corrected chi connectivity index (χ1v) is 8.32. The summed E-state index contributed by atoms with van der Waals surface area (Å²) in [4.78, 5) is 7.60. The zero-order valence-corrected chi connectivity index (χ0v) is 14.9. The second-order valence-electron chi connectivity index (χ2n) is 7.69. The molecule has 4 rings (SSSR count). The lowest BCUT2D eigenvalue weighted by Gasteiger charge is -2.44. The third-order valence-electron chi connectivity index (χ3n) is 6.03. The molecule has 0 saturated carbocycles. The molecule has 0 spiro atoms. The van der Waals surface area contributed by atoms with Crippen LogP contribution in [0.1, 0.15) is 43.0 Å². The van der Waals surface area contributed by atoms with Gasteiger partial charge in [-0.2, -0.15) is 0 Å². The highest BCUT2D eigenvalue weighted by molar-refractivity contribution is 6.12. The zero-order chi connectivity index (χ0) is 16.6. The number of benzene rings is 2. The van der Waals surface area contributed by atoms with Gasteiger partial charge in [0.15, 0.2) is 0 Å². The summed E-state index contributed by atoms with van der Waals surface area (Å²) in [6.07, 6.45) is 0. The molecule has 0 aromatic heterocycles. The van der Waals surface area contributed by atoms with E-state index in [1.165, 1.54) is 33.7 Å². The van der Waals surface area contributed by atoms with Gasteiger partial charge < -0.3 is 4.90 Å². The highest BCUT2D eigenvalue weighted by Gasteiger charge is 2.54. The van der Waals surface area contributed by atoms with Crippen LogP contribution in [0.25, 0.3) is 0 Å². The molecule has 2 nitrogen and oxygen atoms in total. The monoisotopic (exact) mass is 304 g/mol. The number of fused-ring (bicyclic) bond motifs is 4. The summed E-state index contributed by atoms with van der Waals surface area (Å²) in [5.74, 6) is 0. The molecule has 0 radical (unpaired) electrons. The Balaban J connectivity index is 2.07. The summed E-state index contributed by atoms with van der Waals surface area (Å²) in [6.45, 7) is 11.3. The minimum Gasteiger partial charge on any atom is -0.358 e. The van der Waals surface area contributed by atoms with Crippen molar-refractivity contribution in [1.29, 1.82) is 0 Å². The maximum absolute atomic E-state index is 5.17. The molecule has 1 atom stereocenters. The number of nitrogens with zero attached hydrogens (tertiary/aromatic N) is 2. The molecule has 0 saturated heterocycles. The summed E-state index contributed by atoms with van der Waals surface area (Å²) in [5.41, 5.74) is 8.77. The number of hydrogen-bond donors (Lipinski definition) is 0. The van der Waals surface area contributed by atoms with Gasteiger partial charge in [0.25, 0.3) is 0 Å². The van der Waals surface area contributed by atoms with Gasteiger partial charge in [0.2, 0.25) is 0 Å². The smallest absolute Gasteiger partial charge is 0.102 e. The molecule has 2 heteroatoms. The third-order valence-corrected chi connectivity index (χ3v) is 6.03. The number of hydrogen-bond acceptors (Lipinski definition) is 2. The number of anilines is 1. The highest BCUT2D eigenvalue weighted by Crippen LogP contribution is 2.54. The highest BCUT2D eigenvalue weighted by atomic mass is 15.2. The molecule has 1 aliphatic heterocycles. The van der Waals surface area contributed by atoms with Crippen LogP contribution >= 0.6 is 0 Å². The topological polar surface area (TPSA) is 15.6 Å². The summed E-state index contributed by atoms with van der Waals surface area (Å²) >= 11 is 0. The van der Waals surface area contributed by atoms with Crippen LogP contribution in [-0.2, 0) is 11.0 Å². The number of aryl methyl sites for hydroxylation is 2. The first kappa shape index (κ1) is 14.5. The predicted molar refractivity (Wildman–Crippen MR) is 98.2 cm³/mol. The second-order valence-corrected chi connectivity index (χ2v) is 7.69. The van der Waals surface area contributed by atoms with Crippen LogP contribution in [0.3, 0.4) is 0 Å². The fourth-order valence-electron chi connectivity index (χ4n) is 4.41. The van der Waals surface area contributed by atoms with E-state index in [1.54, 1.807) is 0 Å². The molecule has 0 unspecified atom stereocenters. The quantitative estimate of drug-likeness (QED) is 0.666. The fraction of sp³-hybridized carbons (Fsp3) is 0.381. The van der Waals surface area contributed by atoms with Crippen LogP contribution in [0.15, 0.2) is 41.4 Å². The summed E-state index contributed by atoms with van der Waals surface area (Å²) in [5, 5.41) is 0. The second kappa shape index (κ2) is 4.25. The van der Waals surface area contributed by atoms with Crippen molar-refractivity contribution < 1.29 is 0 Å². The first-order chi connectivity index (χ1) is 10.8. The maximum Gasteiger partial charge on any atom is 0.102 e. The largest absolute Gasteiger partial charge is 0.358 e. The molecule has 2 aromatic rings. The molecular formula is C21H24N2. The Morgan fingerprint density at radius 2 is 1.52 bits per heavy atom. The Morgan fingerprint density at radius 1 is 0.913 bits per heavy atom. The zero-order valence-electron chi connectivity index (χ0n) is 14.9. The third kappa shape index (κ3) is 1.61. The van der Waals surface area contributed by atoms with Gasteiger partial charge in [-0.05, 0) is 55.2 Å². The first-order valence-electron chi connectivity index (χ1n) is 8.32. The van der Waals surface area contributed by atoms with E-state index >= 15 is 0 Å². The van der Waals surface area contributed by atoms with E-state index in [0.29, 0.717) is 0 Å². The van der Waals surface area contributed by atoms with Gasteiger partial charge in [0, 0.05) is 12.5 Å². The minimum atomic E-state index is -0.172. The molecule has 118 valence electrons. The lowest BCUT2D eigenvalue weighted by molar-refractivity contribution is 0.604. The van der Waals surface area contributed by atoms with Crippen LogP contribution in [-0.4, -0.2) is 12.8 Å². The van der Waals surface area contributed by atoms with E-state index in [-0.39, 0.29) is 11.0 Å². The Labute approximate surface area is 138 Å². The van der Waals surface area contributed by atoms with Gasteiger partial charge >= 0.3 is 0 Å². The van der Waals surface area contributed by atoms with E-state index < -0.39 is 0 Å². The van der Waals surface area contributed by atoms with Gasteiger partial charge in [0.1, 0.15) is 5.54 Å². The van der Waals surface area contributed by atoms with Crippen LogP contribution in [0.2, 0.25) is 0 Å². The molecule has 0 amide bonds. The van der Waals surface area contributed by atoms with Crippen molar-refractivity contribution in [2.75, 3.05) is 11.9 Å². The Morgan fingerprint density at radius 3 is 2.22 bits per heavy atom. The van der Waals surface area contributed by atoms with E-state index in [1.807, 2.05) is 0 Å². The maximum atomic E-state index is 5.17. The SMILES string of the molecule is Cc1cc2c(cc1C)N(C)[C@]1(C)C(=N2)C(C)(C)c2ccccc21. The average molecular weight is 304 g/mol. The van der Waals surface area contributed by atoms with Crippen molar-refractivity contribution in [2.45, 2.75) is 45.6 Å². The minimum absolute atomic E-state index is 0.0456. The van der Waals surface area contributed by atoms with Gasteiger partial charge in [-0.25, -0.2) is 0 Å². The number of aliphatic imine (C=N–C) groups is 1. The Kier molecular flexibility index (Phi) is 2.68. The summed E-state index contributed by atoms with van der Waals surface area (Å²) in [6, 6.07) is 13.3. The van der Waals surface area contributed by atoms with Crippen molar-refractivity contribution in [2.24, 2.45) is 4.99 Å². The van der Waals surface area contributed by atoms with E-state index in [0.717, 1.165) is 5.69 Å². The van der Waals surface area contributed by atoms with Crippen LogP contribution in [0, 0.1) is 13.8 Å². The fourth-order valence-corrected chi connectivity index (χ4v) is 4.41. The van der Waals surface area contributed by atoms with Crippen molar-refractivity contribution in [3.05, 3.63) is 58.7 Å². The standard InChI is InChI=1S/C21H24N2/c1-13-11-17-18(12-14(13)2)23(6)21(5)16-10-8-7-9-15(16)20(3,4)19(21)22-17/h7-12H,1-6H3/t21-/m0/s1. The molecule has 0 fully saturated rings. The Hall–Kier alpha value is -2.09. The molecule has 0 bridgehead atoms. The molecular weight excluding hydrogens is 280 g/mol. The lowest BCUT2D eigenvalue weighted by atomic mass is 9.80. The predicted octanol–water partition coefficient (Wildman–Crippen LogP) is 5.03.